The Morgan fingerprint density at radius 3 is 2.18 bits per heavy atom. The number of carbonyl (C=O) groups is 1. The first-order valence-corrected chi connectivity index (χ1v) is 4.85. The van der Waals surface area contributed by atoms with Crippen LogP contribution in [0, 0.1) is 17.8 Å². The van der Waals surface area contributed by atoms with Crippen LogP contribution >= 0.6 is 0 Å². The van der Waals surface area contributed by atoms with Crippen molar-refractivity contribution in [1.82, 2.24) is 0 Å². The number of carbonyl (C=O) groups excluding carboxylic acids is 1. The molecule has 1 heteroatoms. The van der Waals surface area contributed by atoms with Crippen molar-refractivity contribution in [3.8, 4) is 0 Å². The van der Waals surface area contributed by atoms with Crippen LogP contribution in [0.15, 0.2) is 0 Å². The molecule has 0 aromatic rings. The number of fused-ring (bicyclic) bond motifs is 4. The lowest BCUT2D eigenvalue weighted by atomic mass is 9.81. The van der Waals surface area contributed by atoms with Gasteiger partial charge in [-0.2, -0.15) is 0 Å². The number of hydrogen-bond donors (Lipinski definition) is 0. The van der Waals surface area contributed by atoms with Crippen molar-refractivity contribution in [3.63, 3.8) is 0 Å². The summed E-state index contributed by atoms with van der Waals surface area (Å²) in [5, 5.41) is 0. The quantitative estimate of drug-likeness (QED) is 0.527. The molecule has 0 aliphatic heterocycles. The Kier molecular flexibility index (Phi) is 1.97. The Labute approximate surface area is 68.2 Å². The smallest absolute Gasteiger partial charge is 0.123 e. The monoisotopic (exact) mass is 152 g/mol. The lowest BCUT2D eigenvalue weighted by Gasteiger charge is -2.24. The third-order valence-electron chi connectivity index (χ3n) is 3.58. The molecule has 3 aliphatic rings. The van der Waals surface area contributed by atoms with Gasteiger partial charge in [0, 0.05) is 5.92 Å². The second-order valence-electron chi connectivity index (χ2n) is 4.16. The van der Waals surface area contributed by atoms with E-state index in [1.807, 2.05) is 0 Å². The Morgan fingerprint density at radius 1 is 0.909 bits per heavy atom. The molecule has 62 valence electrons. The molecule has 3 rings (SSSR count). The molecular weight excluding hydrogens is 136 g/mol. The van der Waals surface area contributed by atoms with E-state index in [9.17, 15) is 4.79 Å². The van der Waals surface area contributed by atoms with E-state index in [-0.39, 0.29) is 0 Å². The topological polar surface area (TPSA) is 17.1 Å². The van der Waals surface area contributed by atoms with E-state index in [1.54, 1.807) is 0 Å². The van der Waals surface area contributed by atoms with Crippen LogP contribution in [-0.4, -0.2) is 6.29 Å². The Balaban J connectivity index is 2.08. The average molecular weight is 152 g/mol. The minimum atomic E-state index is 0.419. The normalized spacial score (nSPS) is 43.5. The van der Waals surface area contributed by atoms with E-state index in [2.05, 4.69) is 0 Å². The molecule has 1 atom stereocenters. The molecule has 0 amide bonds. The SMILES string of the molecule is O=CC1CCC2CCC1CC2. The highest BCUT2D eigenvalue weighted by Gasteiger charge is 2.31. The van der Waals surface area contributed by atoms with Crippen LogP contribution in [-0.2, 0) is 4.79 Å². The maximum Gasteiger partial charge on any atom is 0.123 e. The van der Waals surface area contributed by atoms with Crippen molar-refractivity contribution in [2.24, 2.45) is 17.8 Å². The van der Waals surface area contributed by atoms with Crippen LogP contribution in [0.25, 0.3) is 0 Å². The summed E-state index contributed by atoms with van der Waals surface area (Å²) in [6.45, 7) is 0. The van der Waals surface area contributed by atoms with Gasteiger partial charge in [-0.1, -0.05) is 12.8 Å². The highest BCUT2D eigenvalue weighted by molar-refractivity contribution is 5.54. The molecular formula is C10H16O. The van der Waals surface area contributed by atoms with Crippen LogP contribution in [0.5, 0.6) is 0 Å². The highest BCUT2D eigenvalue weighted by atomic mass is 16.1. The first-order chi connectivity index (χ1) is 5.40. The van der Waals surface area contributed by atoms with E-state index < -0.39 is 0 Å². The summed E-state index contributed by atoms with van der Waals surface area (Å²) in [5.41, 5.74) is 0. The summed E-state index contributed by atoms with van der Waals surface area (Å²) in [4.78, 5) is 10.7. The minimum absolute atomic E-state index is 0.419. The lowest BCUT2D eigenvalue weighted by Crippen LogP contribution is -2.16. The van der Waals surface area contributed by atoms with Gasteiger partial charge in [-0.15, -0.1) is 0 Å². The third kappa shape index (κ3) is 1.33. The molecule has 0 spiro atoms. The summed E-state index contributed by atoms with van der Waals surface area (Å²) in [7, 11) is 0. The van der Waals surface area contributed by atoms with Crippen molar-refractivity contribution >= 4 is 6.29 Å². The molecule has 2 bridgehead atoms. The van der Waals surface area contributed by atoms with Gasteiger partial charge in [0.25, 0.3) is 0 Å². The molecule has 1 unspecified atom stereocenters. The molecule has 0 saturated heterocycles. The standard InChI is InChI=1S/C10H16O/c11-7-10-6-3-8-1-4-9(10)5-2-8/h7-10H,1-6H2. The molecule has 0 heterocycles. The van der Waals surface area contributed by atoms with E-state index >= 15 is 0 Å². The van der Waals surface area contributed by atoms with Gasteiger partial charge >= 0.3 is 0 Å². The number of aldehydes is 1. The van der Waals surface area contributed by atoms with Gasteiger partial charge in [-0.3, -0.25) is 0 Å². The van der Waals surface area contributed by atoms with Crippen molar-refractivity contribution in [3.05, 3.63) is 0 Å². The van der Waals surface area contributed by atoms with Crippen LogP contribution in [0.2, 0.25) is 0 Å². The fraction of sp³-hybridized carbons (Fsp3) is 0.900. The second kappa shape index (κ2) is 2.96. The highest BCUT2D eigenvalue weighted by Crippen LogP contribution is 2.41. The first-order valence-electron chi connectivity index (χ1n) is 4.85. The second-order valence-corrected chi connectivity index (χ2v) is 4.16. The van der Waals surface area contributed by atoms with Crippen LogP contribution in [0.1, 0.15) is 38.5 Å². The molecule has 0 aromatic heterocycles. The zero-order chi connectivity index (χ0) is 7.68. The summed E-state index contributed by atoms with van der Waals surface area (Å²) in [6, 6.07) is 0. The molecule has 11 heavy (non-hydrogen) atoms. The van der Waals surface area contributed by atoms with Gasteiger partial charge in [0.05, 0.1) is 0 Å². The van der Waals surface area contributed by atoms with E-state index in [0.29, 0.717) is 5.92 Å². The van der Waals surface area contributed by atoms with Crippen molar-refractivity contribution in [1.29, 1.82) is 0 Å². The summed E-state index contributed by atoms with van der Waals surface area (Å²) < 4.78 is 0. The van der Waals surface area contributed by atoms with Gasteiger partial charge in [0.1, 0.15) is 6.29 Å². The molecule has 3 fully saturated rings. The zero-order valence-electron chi connectivity index (χ0n) is 6.96. The van der Waals surface area contributed by atoms with Crippen LogP contribution in [0.4, 0.5) is 0 Å². The maximum atomic E-state index is 10.7. The van der Waals surface area contributed by atoms with Gasteiger partial charge in [0.2, 0.25) is 0 Å². The largest absolute Gasteiger partial charge is 0.303 e. The molecule has 0 N–H and O–H groups in total. The molecule has 0 radical (unpaired) electrons. The van der Waals surface area contributed by atoms with Crippen molar-refractivity contribution < 1.29 is 4.79 Å². The molecule has 0 aromatic carbocycles. The molecule has 3 saturated carbocycles. The predicted molar refractivity (Wildman–Crippen MR) is 44.2 cm³/mol. The first kappa shape index (κ1) is 7.33. The molecule has 3 aliphatic carbocycles. The van der Waals surface area contributed by atoms with E-state index in [4.69, 9.17) is 0 Å². The summed E-state index contributed by atoms with van der Waals surface area (Å²) in [5.74, 6) is 2.14. The van der Waals surface area contributed by atoms with Crippen molar-refractivity contribution in [2.45, 2.75) is 38.5 Å². The predicted octanol–water partition coefficient (Wildman–Crippen LogP) is 2.40. The Morgan fingerprint density at radius 2 is 1.55 bits per heavy atom. The third-order valence-corrected chi connectivity index (χ3v) is 3.58. The van der Waals surface area contributed by atoms with E-state index in [0.717, 1.165) is 11.8 Å². The van der Waals surface area contributed by atoms with Crippen molar-refractivity contribution in [2.75, 3.05) is 0 Å². The molecule has 1 nitrogen and oxygen atoms in total. The number of rotatable bonds is 1. The van der Waals surface area contributed by atoms with Crippen LogP contribution < -0.4 is 0 Å². The zero-order valence-corrected chi connectivity index (χ0v) is 6.96. The van der Waals surface area contributed by atoms with Gasteiger partial charge in [0.15, 0.2) is 0 Å². The fourth-order valence-corrected chi connectivity index (χ4v) is 2.75. The Bertz CT molecular complexity index is 145. The number of hydrogen-bond acceptors (Lipinski definition) is 1. The minimum Gasteiger partial charge on any atom is -0.303 e. The van der Waals surface area contributed by atoms with E-state index in [1.165, 1.54) is 44.8 Å². The van der Waals surface area contributed by atoms with Gasteiger partial charge in [-0.05, 0) is 37.5 Å². The summed E-state index contributed by atoms with van der Waals surface area (Å²) in [6.07, 6.45) is 9.16. The lowest BCUT2D eigenvalue weighted by molar-refractivity contribution is -0.112. The van der Waals surface area contributed by atoms with Gasteiger partial charge < -0.3 is 4.79 Å². The fourth-order valence-electron chi connectivity index (χ4n) is 2.75. The Hall–Kier alpha value is -0.330. The average Bonchev–Trinajstić information content (AvgIpc) is 2.36. The summed E-state index contributed by atoms with van der Waals surface area (Å²) >= 11 is 0. The van der Waals surface area contributed by atoms with Crippen LogP contribution in [0.3, 0.4) is 0 Å². The van der Waals surface area contributed by atoms with Gasteiger partial charge in [-0.25, -0.2) is 0 Å². The maximum absolute atomic E-state index is 10.7.